The molecule has 0 rings (SSSR count). The third-order valence-electron chi connectivity index (χ3n) is 5.51. The van der Waals surface area contributed by atoms with Crippen molar-refractivity contribution < 1.29 is 8.85 Å². The average Bonchev–Trinajstić information content (AvgIpc) is 2.24. The maximum Gasteiger partial charge on any atom is 0.195 e. The van der Waals surface area contributed by atoms with Gasteiger partial charge in [-0.05, 0) is 49.1 Å². The summed E-state index contributed by atoms with van der Waals surface area (Å²) in [5, 5.41) is 0.458. The van der Waals surface area contributed by atoms with Crippen LogP contribution in [0.25, 0.3) is 0 Å². The molecule has 0 aliphatic heterocycles. The minimum Gasteiger partial charge on any atom is -0.393 e. The van der Waals surface area contributed by atoms with E-state index in [4.69, 9.17) is 8.85 Å². The van der Waals surface area contributed by atoms with Gasteiger partial charge in [-0.15, -0.1) is 0 Å². The summed E-state index contributed by atoms with van der Waals surface area (Å²) in [6.45, 7) is 25.4. The van der Waals surface area contributed by atoms with Gasteiger partial charge >= 0.3 is 0 Å². The topological polar surface area (TPSA) is 18.5 Å². The summed E-state index contributed by atoms with van der Waals surface area (Å²) in [6, 6.07) is 0. The molecule has 0 aliphatic carbocycles. The Morgan fingerprint density at radius 2 is 1.09 bits per heavy atom. The summed E-state index contributed by atoms with van der Waals surface area (Å²) >= 11 is 0. The first kappa shape index (κ1) is 22.4. The number of unbranched alkanes of at least 4 members (excludes halogenated alkanes) is 2. The maximum absolute atomic E-state index is 6.63. The van der Waals surface area contributed by atoms with Gasteiger partial charge in [0.25, 0.3) is 0 Å². The SMILES string of the molecule is CCCCCC(O[Si](C)(C)C(C)(C)C)O[Si](C)(C)C(C)(C)C. The van der Waals surface area contributed by atoms with Crippen molar-refractivity contribution in [1.29, 1.82) is 0 Å². The van der Waals surface area contributed by atoms with Crippen LogP contribution in [0.5, 0.6) is 0 Å². The molecule has 4 heteroatoms. The minimum absolute atomic E-state index is 0.0201. The van der Waals surface area contributed by atoms with E-state index in [2.05, 4.69) is 74.7 Å². The highest BCUT2D eigenvalue weighted by molar-refractivity contribution is 6.75. The van der Waals surface area contributed by atoms with Crippen molar-refractivity contribution in [2.45, 2.75) is 117 Å². The highest BCUT2D eigenvalue weighted by Gasteiger charge is 2.43. The summed E-state index contributed by atoms with van der Waals surface area (Å²) in [5.74, 6) is 0. The van der Waals surface area contributed by atoms with E-state index in [9.17, 15) is 0 Å². The second-order valence-corrected chi connectivity index (χ2v) is 19.2. The lowest BCUT2D eigenvalue weighted by atomic mass is 10.2. The Balaban J connectivity index is 5.06. The molecule has 0 amide bonds. The standard InChI is InChI=1S/C18H42O2Si2/c1-12-13-14-15-16(19-21(8,9)17(2,3)4)20-22(10,11)18(5,6)7/h16H,12-15H2,1-11H3. The number of rotatable bonds is 8. The summed E-state index contributed by atoms with van der Waals surface area (Å²) < 4.78 is 13.3. The molecule has 22 heavy (non-hydrogen) atoms. The van der Waals surface area contributed by atoms with E-state index in [0.717, 1.165) is 6.42 Å². The zero-order valence-corrected chi connectivity index (χ0v) is 19.2. The zero-order chi connectivity index (χ0) is 17.8. The molecule has 0 aromatic rings. The van der Waals surface area contributed by atoms with Crippen molar-refractivity contribution in [3.8, 4) is 0 Å². The van der Waals surface area contributed by atoms with Gasteiger partial charge in [0.15, 0.2) is 16.6 Å². The first-order valence-electron chi connectivity index (χ1n) is 9.00. The van der Waals surface area contributed by atoms with Crippen molar-refractivity contribution >= 4 is 16.6 Å². The first-order chi connectivity index (χ1) is 9.64. The van der Waals surface area contributed by atoms with Crippen LogP contribution in [-0.4, -0.2) is 22.9 Å². The molecule has 0 bridgehead atoms. The zero-order valence-electron chi connectivity index (χ0n) is 17.2. The molecule has 2 nitrogen and oxygen atoms in total. The Bertz CT molecular complexity index is 297. The Kier molecular flexibility index (Phi) is 8.08. The van der Waals surface area contributed by atoms with Gasteiger partial charge in [0, 0.05) is 0 Å². The van der Waals surface area contributed by atoms with Gasteiger partial charge in [0.1, 0.15) is 6.29 Å². The molecule has 0 aliphatic rings. The van der Waals surface area contributed by atoms with Gasteiger partial charge in [-0.3, -0.25) is 0 Å². The van der Waals surface area contributed by atoms with Crippen LogP contribution >= 0.6 is 0 Å². The molecule has 0 aromatic carbocycles. The third-order valence-corrected chi connectivity index (χ3v) is 14.4. The first-order valence-corrected chi connectivity index (χ1v) is 14.8. The van der Waals surface area contributed by atoms with Crippen LogP contribution in [0.3, 0.4) is 0 Å². The maximum atomic E-state index is 6.63. The molecule has 0 atom stereocenters. The van der Waals surface area contributed by atoms with E-state index in [-0.39, 0.29) is 16.4 Å². The second-order valence-electron chi connectivity index (χ2n) is 9.68. The van der Waals surface area contributed by atoms with E-state index in [1.54, 1.807) is 0 Å². The van der Waals surface area contributed by atoms with Gasteiger partial charge < -0.3 is 8.85 Å². The van der Waals surface area contributed by atoms with Crippen molar-refractivity contribution in [1.82, 2.24) is 0 Å². The highest BCUT2D eigenvalue weighted by Crippen LogP contribution is 2.41. The fourth-order valence-electron chi connectivity index (χ4n) is 1.71. The smallest absolute Gasteiger partial charge is 0.195 e. The molecule has 0 unspecified atom stereocenters. The quantitative estimate of drug-likeness (QED) is 0.269. The molecule has 0 aromatic heterocycles. The van der Waals surface area contributed by atoms with Crippen LogP contribution in [0.15, 0.2) is 0 Å². The normalized spacial score (nSPS) is 14.7. The summed E-state index contributed by atoms with van der Waals surface area (Å²) in [4.78, 5) is 0. The van der Waals surface area contributed by atoms with Crippen molar-refractivity contribution in [2.75, 3.05) is 0 Å². The second kappa shape index (κ2) is 7.95. The Morgan fingerprint density at radius 3 is 1.36 bits per heavy atom. The number of hydrogen-bond acceptors (Lipinski definition) is 2. The van der Waals surface area contributed by atoms with E-state index in [1.807, 2.05) is 0 Å². The van der Waals surface area contributed by atoms with Gasteiger partial charge in [0.2, 0.25) is 0 Å². The van der Waals surface area contributed by atoms with Crippen LogP contribution < -0.4 is 0 Å². The molecular formula is C18H42O2Si2. The van der Waals surface area contributed by atoms with Gasteiger partial charge in [-0.1, -0.05) is 61.3 Å². The molecule has 0 heterocycles. The van der Waals surface area contributed by atoms with Crippen molar-refractivity contribution in [2.24, 2.45) is 0 Å². The third kappa shape index (κ3) is 6.85. The Morgan fingerprint density at radius 1 is 0.727 bits per heavy atom. The van der Waals surface area contributed by atoms with Crippen LogP contribution in [0.2, 0.25) is 36.3 Å². The predicted molar refractivity (Wildman–Crippen MR) is 104 cm³/mol. The van der Waals surface area contributed by atoms with Crippen molar-refractivity contribution in [3.63, 3.8) is 0 Å². The molecule has 0 saturated heterocycles. The van der Waals surface area contributed by atoms with E-state index in [0.29, 0.717) is 0 Å². The molecule has 0 N–H and O–H groups in total. The average molecular weight is 347 g/mol. The largest absolute Gasteiger partial charge is 0.393 e. The molecule has 0 fully saturated rings. The van der Waals surface area contributed by atoms with Crippen molar-refractivity contribution in [3.05, 3.63) is 0 Å². The molecular weight excluding hydrogens is 304 g/mol. The predicted octanol–water partition coefficient (Wildman–Crippen LogP) is 6.94. The molecule has 0 spiro atoms. The molecule has 0 saturated carbocycles. The van der Waals surface area contributed by atoms with Crippen LogP contribution in [0.4, 0.5) is 0 Å². The van der Waals surface area contributed by atoms with Gasteiger partial charge in [0.05, 0.1) is 0 Å². The molecule has 0 radical (unpaired) electrons. The van der Waals surface area contributed by atoms with Gasteiger partial charge in [-0.2, -0.15) is 0 Å². The number of hydrogen-bond donors (Lipinski definition) is 0. The van der Waals surface area contributed by atoms with E-state index >= 15 is 0 Å². The lowest BCUT2D eigenvalue weighted by Gasteiger charge is -2.44. The van der Waals surface area contributed by atoms with Crippen LogP contribution in [-0.2, 0) is 8.85 Å². The highest BCUT2D eigenvalue weighted by atomic mass is 28.4. The van der Waals surface area contributed by atoms with E-state index < -0.39 is 16.6 Å². The fraction of sp³-hybridized carbons (Fsp3) is 1.00. The van der Waals surface area contributed by atoms with Crippen LogP contribution in [0.1, 0.15) is 74.1 Å². The molecule has 134 valence electrons. The Labute approximate surface area is 142 Å². The van der Waals surface area contributed by atoms with Gasteiger partial charge in [-0.25, -0.2) is 0 Å². The lowest BCUT2D eigenvalue weighted by molar-refractivity contribution is -0.0241. The lowest BCUT2D eigenvalue weighted by Crippen LogP contribution is -2.50. The summed E-state index contributed by atoms with van der Waals surface area (Å²) in [5.41, 5.74) is 0. The minimum atomic E-state index is -1.79. The Hall–Kier alpha value is 0.354. The summed E-state index contributed by atoms with van der Waals surface area (Å²) in [7, 11) is -3.58. The van der Waals surface area contributed by atoms with Crippen LogP contribution in [0, 0.1) is 0 Å². The summed E-state index contributed by atoms with van der Waals surface area (Å²) in [6.07, 6.45) is 4.72. The monoisotopic (exact) mass is 346 g/mol. The fourth-order valence-corrected chi connectivity index (χ4v) is 4.16. The van der Waals surface area contributed by atoms with E-state index in [1.165, 1.54) is 19.3 Å².